The smallest absolute Gasteiger partial charge is 0.256 e. The van der Waals surface area contributed by atoms with Gasteiger partial charge in [0.15, 0.2) is 0 Å². The van der Waals surface area contributed by atoms with E-state index in [-0.39, 0.29) is 5.91 Å². The molecule has 2 aromatic heterocycles. The number of pyridine rings is 1. The summed E-state index contributed by atoms with van der Waals surface area (Å²) < 4.78 is 2.31. The van der Waals surface area contributed by atoms with Crippen molar-refractivity contribution in [2.45, 2.75) is 32.7 Å². The van der Waals surface area contributed by atoms with E-state index < -0.39 is 0 Å². The van der Waals surface area contributed by atoms with Crippen LogP contribution in [0.5, 0.6) is 0 Å². The van der Waals surface area contributed by atoms with Gasteiger partial charge in [0, 0.05) is 40.8 Å². The van der Waals surface area contributed by atoms with E-state index in [0.29, 0.717) is 5.56 Å². The normalized spacial score (nSPS) is 13.3. The van der Waals surface area contributed by atoms with Crippen molar-refractivity contribution < 1.29 is 4.79 Å². The Morgan fingerprint density at radius 1 is 1.07 bits per heavy atom. The fourth-order valence-electron chi connectivity index (χ4n) is 4.06. The standard InChI is InChI=1S/C24H22N4O/c1-16-14-21(20-7-2-3-8-22(20)26-16)24(29)27-18-11-9-17(10-12-18)23-25-15-19-6-4-5-13-28(19)23/h2-3,7-12,14-15H,4-6,13H2,1H3,(H,27,29). The molecule has 1 amide bonds. The van der Waals surface area contributed by atoms with Crippen LogP contribution in [0.2, 0.25) is 0 Å². The predicted molar refractivity (Wildman–Crippen MR) is 115 cm³/mol. The lowest BCUT2D eigenvalue weighted by atomic mass is 10.1. The SMILES string of the molecule is Cc1cc(C(=O)Nc2ccc(-c3ncc4n3CCCC4)cc2)c2ccccc2n1. The molecule has 0 saturated carbocycles. The summed E-state index contributed by atoms with van der Waals surface area (Å²) in [5.74, 6) is 0.881. The van der Waals surface area contributed by atoms with Crippen molar-refractivity contribution in [2.75, 3.05) is 5.32 Å². The largest absolute Gasteiger partial charge is 0.328 e. The highest BCUT2D eigenvalue weighted by atomic mass is 16.1. The van der Waals surface area contributed by atoms with Crippen molar-refractivity contribution >= 4 is 22.5 Å². The number of hydrogen-bond acceptors (Lipinski definition) is 3. The van der Waals surface area contributed by atoms with Gasteiger partial charge in [-0.05, 0) is 62.6 Å². The minimum Gasteiger partial charge on any atom is -0.328 e. The second-order valence-corrected chi connectivity index (χ2v) is 7.54. The Labute approximate surface area is 169 Å². The minimum absolute atomic E-state index is 0.127. The van der Waals surface area contributed by atoms with Crippen LogP contribution < -0.4 is 5.32 Å². The second kappa shape index (κ2) is 7.17. The number of benzene rings is 2. The summed E-state index contributed by atoms with van der Waals surface area (Å²) in [5.41, 5.74) is 5.44. The number of aromatic nitrogens is 3. The summed E-state index contributed by atoms with van der Waals surface area (Å²) in [6.07, 6.45) is 5.52. The molecular weight excluding hydrogens is 360 g/mol. The topological polar surface area (TPSA) is 59.8 Å². The molecule has 144 valence electrons. The number of anilines is 1. The van der Waals surface area contributed by atoms with Crippen LogP contribution in [-0.2, 0) is 13.0 Å². The summed E-state index contributed by atoms with van der Waals surface area (Å²) in [6.45, 7) is 2.93. The van der Waals surface area contributed by atoms with Crippen molar-refractivity contribution in [2.24, 2.45) is 0 Å². The Kier molecular flexibility index (Phi) is 4.35. The Morgan fingerprint density at radius 2 is 1.90 bits per heavy atom. The molecule has 0 atom stereocenters. The van der Waals surface area contributed by atoms with Crippen molar-refractivity contribution in [1.82, 2.24) is 14.5 Å². The number of imidazole rings is 1. The molecule has 4 aromatic rings. The summed E-state index contributed by atoms with van der Waals surface area (Å²) in [7, 11) is 0. The van der Waals surface area contributed by atoms with E-state index in [1.54, 1.807) is 0 Å². The first-order valence-electron chi connectivity index (χ1n) is 10.0. The third kappa shape index (κ3) is 3.29. The van der Waals surface area contributed by atoms with E-state index in [1.165, 1.54) is 18.5 Å². The minimum atomic E-state index is -0.127. The molecule has 29 heavy (non-hydrogen) atoms. The monoisotopic (exact) mass is 382 g/mol. The summed E-state index contributed by atoms with van der Waals surface area (Å²) in [6, 6.07) is 17.5. The molecule has 0 aliphatic carbocycles. The molecule has 1 N–H and O–H groups in total. The predicted octanol–water partition coefficient (Wildman–Crippen LogP) is 5.00. The molecule has 0 fully saturated rings. The zero-order chi connectivity index (χ0) is 19.8. The van der Waals surface area contributed by atoms with E-state index in [9.17, 15) is 4.79 Å². The maximum absolute atomic E-state index is 12.9. The molecule has 1 aliphatic heterocycles. The van der Waals surface area contributed by atoms with Gasteiger partial charge in [0.1, 0.15) is 5.82 Å². The number of nitrogens with one attached hydrogen (secondary N) is 1. The summed E-state index contributed by atoms with van der Waals surface area (Å²) in [4.78, 5) is 22.1. The number of hydrogen-bond donors (Lipinski definition) is 1. The van der Waals surface area contributed by atoms with Crippen LogP contribution in [0.3, 0.4) is 0 Å². The lowest BCUT2D eigenvalue weighted by Crippen LogP contribution is -2.13. The first-order chi connectivity index (χ1) is 14.2. The van der Waals surface area contributed by atoms with Crippen molar-refractivity contribution in [3.8, 4) is 11.4 Å². The molecule has 3 heterocycles. The second-order valence-electron chi connectivity index (χ2n) is 7.54. The van der Waals surface area contributed by atoms with Gasteiger partial charge in [-0.3, -0.25) is 9.78 Å². The zero-order valence-corrected chi connectivity index (χ0v) is 16.4. The van der Waals surface area contributed by atoms with Crippen LogP contribution in [0.4, 0.5) is 5.69 Å². The van der Waals surface area contributed by atoms with Gasteiger partial charge < -0.3 is 9.88 Å². The van der Waals surface area contributed by atoms with Crippen LogP contribution in [0.1, 0.15) is 34.6 Å². The lowest BCUT2D eigenvalue weighted by molar-refractivity contribution is 0.102. The number of amides is 1. The Morgan fingerprint density at radius 3 is 2.76 bits per heavy atom. The summed E-state index contributed by atoms with van der Waals surface area (Å²) in [5, 5.41) is 3.88. The number of fused-ring (bicyclic) bond motifs is 2. The highest BCUT2D eigenvalue weighted by Crippen LogP contribution is 2.26. The number of aryl methyl sites for hydroxylation is 2. The van der Waals surface area contributed by atoms with Crippen molar-refractivity contribution in [3.05, 3.63) is 77.7 Å². The molecule has 0 bridgehead atoms. The van der Waals surface area contributed by atoms with Crippen LogP contribution in [0.25, 0.3) is 22.3 Å². The van der Waals surface area contributed by atoms with Crippen LogP contribution in [0.15, 0.2) is 60.8 Å². The number of rotatable bonds is 3. The first kappa shape index (κ1) is 17.6. The highest BCUT2D eigenvalue weighted by molar-refractivity contribution is 6.12. The maximum atomic E-state index is 12.9. The van der Waals surface area contributed by atoms with Crippen LogP contribution >= 0.6 is 0 Å². The molecule has 0 unspecified atom stereocenters. The molecular formula is C24H22N4O. The van der Waals surface area contributed by atoms with Gasteiger partial charge in [-0.2, -0.15) is 0 Å². The van der Waals surface area contributed by atoms with Crippen LogP contribution in [0, 0.1) is 6.92 Å². The fraction of sp³-hybridized carbons (Fsp3) is 0.208. The highest BCUT2D eigenvalue weighted by Gasteiger charge is 2.16. The third-order valence-electron chi connectivity index (χ3n) is 5.49. The maximum Gasteiger partial charge on any atom is 0.256 e. The van der Waals surface area contributed by atoms with E-state index in [0.717, 1.165) is 46.6 Å². The Balaban J connectivity index is 1.41. The Bertz CT molecular complexity index is 1210. The lowest BCUT2D eigenvalue weighted by Gasteiger charge is -2.16. The molecule has 5 heteroatoms. The number of carbonyl (C=O) groups is 1. The van der Waals surface area contributed by atoms with E-state index in [2.05, 4.69) is 19.9 Å². The molecule has 2 aromatic carbocycles. The number of carbonyl (C=O) groups excluding carboxylic acids is 1. The van der Waals surface area contributed by atoms with Crippen molar-refractivity contribution in [3.63, 3.8) is 0 Å². The number of para-hydroxylation sites is 1. The van der Waals surface area contributed by atoms with Gasteiger partial charge in [0.2, 0.25) is 0 Å². The average Bonchev–Trinajstić information content (AvgIpc) is 3.18. The first-order valence-corrected chi connectivity index (χ1v) is 10.0. The van der Waals surface area contributed by atoms with Gasteiger partial charge in [0.25, 0.3) is 5.91 Å². The molecule has 1 aliphatic rings. The van der Waals surface area contributed by atoms with Gasteiger partial charge in [0.05, 0.1) is 11.1 Å². The quantitative estimate of drug-likeness (QED) is 0.543. The van der Waals surface area contributed by atoms with Gasteiger partial charge in [-0.1, -0.05) is 18.2 Å². The fourth-order valence-corrected chi connectivity index (χ4v) is 4.06. The summed E-state index contributed by atoms with van der Waals surface area (Å²) >= 11 is 0. The van der Waals surface area contributed by atoms with E-state index in [4.69, 9.17) is 0 Å². The van der Waals surface area contributed by atoms with Gasteiger partial charge >= 0.3 is 0 Å². The van der Waals surface area contributed by atoms with Crippen LogP contribution in [-0.4, -0.2) is 20.4 Å². The molecule has 0 spiro atoms. The average molecular weight is 382 g/mol. The molecule has 5 rings (SSSR count). The third-order valence-corrected chi connectivity index (χ3v) is 5.49. The van der Waals surface area contributed by atoms with E-state index in [1.807, 2.05) is 67.7 Å². The Hall–Kier alpha value is -3.47. The molecule has 0 radical (unpaired) electrons. The molecule has 0 saturated heterocycles. The van der Waals surface area contributed by atoms with Gasteiger partial charge in [-0.15, -0.1) is 0 Å². The zero-order valence-electron chi connectivity index (χ0n) is 16.4. The van der Waals surface area contributed by atoms with Crippen molar-refractivity contribution in [1.29, 1.82) is 0 Å². The van der Waals surface area contributed by atoms with Gasteiger partial charge in [-0.25, -0.2) is 4.98 Å². The van der Waals surface area contributed by atoms with E-state index >= 15 is 0 Å². The number of nitrogens with zero attached hydrogens (tertiary/aromatic N) is 3. The molecule has 5 nitrogen and oxygen atoms in total.